The van der Waals surface area contributed by atoms with Crippen molar-refractivity contribution < 1.29 is 4.79 Å². The monoisotopic (exact) mass is 300 g/mol. The summed E-state index contributed by atoms with van der Waals surface area (Å²) in [6.07, 6.45) is 1.53. The number of benzene rings is 1. The Balaban J connectivity index is 2.41. The van der Waals surface area contributed by atoms with Crippen molar-refractivity contribution >= 4 is 5.91 Å². The van der Waals surface area contributed by atoms with Gasteiger partial charge in [0.25, 0.3) is 0 Å². The highest BCUT2D eigenvalue weighted by Crippen LogP contribution is 2.58. The van der Waals surface area contributed by atoms with Gasteiger partial charge in [-0.1, -0.05) is 42.4 Å². The summed E-state index contributed by atoms with van der Waals surface area (Å²) in [4.78, 5) is 18.0. The van der Waals surface area contributed by atoms with Gasteiger partial charge in [-0.15, -0.1) is 0 Å². The van der Waals surface area contributed by atoms with Gasteiger partial charge in [0, 0.05) is 24.0 Å². The Morgan fingerprint density at radius 1 is 1.36 bits per heavy atom. The van der Waals surface area contributed by atoms with Crippen LogP contribution < -0.4 is 0 Å². The van der Waals surface area contributed by atoms with Crippen LogP contribution in [0.15, 0.2) is 35.4 Å². The zero-order valence-electron chi connectivity index (χ0n) is 13.6. The first-order valence-corrected chi connectivity index (χ1v) is 8.04. The Morgan fingerprint density at radius 3 is 2.50 bits per heavy atom. The van der Waals surface area contributed by atoms with Crippen LogP contribution in [0.4, 0.5) is 0 Å². The summed E-state index contributed by atoms with van der Waals surface area (Å²) in [6, 6.07) is 9.81. The second-order valence-electron chi connectivity index (χ2n) is 5.81. The lowest BCUT2D eigenvalue weighted by Crippen LogP contribution is -2.41. The minimum atomic E-state index is -0.512. The summed E-state index contributed by atoms with van der Waals surface area (Å²) in [6.45, 7) is 7.42. The molecular formula is C17H24N4O. The molecule has 0 radical (unpaired) electrons. The topological polar surface area (TPSA) is 69.1 Å². The lowest BCUT2D eigenvalue weighted by Gasteiger charge is -2.27. The molecule has 5 heteroatoms. The van der Waals surface area contributed by atoms with Crippen molar-refractivity contribution in [1.82, 2.24) is 4.90 Å². The van der Waals surface area contributed by atoms with Gasteiger partial charge in [0.15, 0.2) is 0 Å². The molecule has 0 N–H and O–H groups in total. The van der Waals surface area contributed by atoms with E-state index in [1.807, 2.05) is 56.0 Å². The maximum Gasteiger partial charge on any atom is 0.233 e. The fourth-order valence-electron chi connectivity index (χ4n) is 3.50. The molecule has 1 fully saturated rings. The lowest BCUT2D eigenvalue weighted by atomic mass is 9.88. The molecule has 1 aliphatic carbocycles. The molecule has 0 heterocycles. The number of carbonyl (C=O) groups is 1. The summed E-state index contributed by atoms with van der Waals surface area (Å²) >= 11 is 0. The molecule has 0 aromatic heterocycles. The molecule has 0 spiro atoms. The van der Waals surface area contributed by atoms with E-state index in [-0.39, 0.29) is 17.9 Å². The third-order valence-electron chi connectivity index (χ3n) is 4.82. The summed E-state index contributed by atoms with van der Waals surface area (Å²) in [5, 5.41) is 3.93. The molecule has 3 atom stereocenters. The molecule has 0 aliphatic heterocycles. The van der Waals surface area contributed by atoms with Crippen molar-refractivity contribution in [3.8, 4) is 0 Å². The molecule has 1 aromatic rings. The van der Waals surface area contributed by atoms with Gasteiger partial charge >= 0.3 is 0 Å². The van der Waals surface area contributed by atoms with E-state index in [2.05, 4.69) is 10.0 Å². The molecule has 2 rings (SSSR count). The van der Waals surface area contributed by atoms with E-state index in [9.17, 15) is 4.79 Å². The van der Waals surface area contributed by atoms with Crippen molar-refractivity contribution in [2.24, 2.45) is 11.0 Å². The highest BCUT2D eigenvalue weighted by Gasteiger charge is 2.63. The zero-order valence-corrected chi connectivity index (χ0v) is 13.6. The van der Waals surface area contributed by atoms with E-state index in [0.29, 0.717) is 13.1 Å². The molecule has 0 unspecified atom stereocenters. The Hall–Kier alpha value is -2.00. The van der Waals surface area contributed by atoms with Gasteiger partial charge in [-0.25, -0.2) is 0 Å². The highest BCUT2D eigenvalue weighted by atomic mass is 16.2. The Kier molecular flexibility index (Phi) is 5.09. The Labute approximate surface area is 131 Å². The van der Waals surface area contributed by atoms with Crippen LogP contribution in [-0.2, 0) is 10.2 Å². The molecule has 22 heavy (non-hydrogen) atoms. The van der Waals surface area contributed by atoms with E-state index in [4.69, 9.17) is 5.53 Å². The fourth-order valence-corrected chi connectivity index (χ4v) is 3.50. The molecule has 0 bridgehead atoms. The van der Waals surface area contributed by atoms with Crippen LogP contribution >= 0.6 is 0 Å². The summed E-state index contributed by atoms with van der Waals surface area (Å²) in [5.74, 6) is 0.268. The summed E-state index contributed by atoms with van der Waals surface area (Å²) < 4.78 is 0. The van der Waals surface area contributed by atoms with E-state index in [1.165, 1.54) is 0 Å². The second-order valence-corrected chi connectivity index (χ2v) is 5.81. The fraction of sp³-hybridized carbons (Fsp3) is 0.588. The standard InChI is InChI=1S/C17H24N4O/c1-4-15(19-20-18)14-12-17(14,13-10-8-7-9-11-13)16(22)21(5-2)6-3/h7-11,14-15H,4-6,12H2,1-3H3/t14-,15+,17+/m0/s1. The van der Waals surface area contributed by atoms with Gasteiger partial charge in [0.1, 0.15) is 0 Å². The number of hydrogen-bond donors (Lipinski definition) is 0. The minimum absolute atomic E-state index is 0.101. The van der Waals surface area contributed by atoms with Crippen molar-refractivity contribution in [2.45, 2.75) is 45.1 Å². The van der Waals surface area contributed by atoms with E-state index < -0.39 is 5.41 Å². The van der Waals surface area contributed by atoms with E-state index in [1.54, 1.807) is 0 Å². The first kappa shape index (κ1) is 16.4. The zero-order chi connectivity index (χ0) is 16.2. The second kappa shape index (κ2) is 6.84. The molecule has 1 aliphatic rings. The van der Waals surface area contributed by atoms with E-state index in [0.717, 1.165) is 18.4 Å². The smallest absolute Gasteiger partial charge is 0.233 e. The van der Waals surface area contributed by atoms with Crippen LogP contribution in [0, 0.1) is 5.92 Å². The average molecular weight is 300 g/mol. The summed E-state index contributed by atoms with van der Waals surface area (Å²) in [7, 11) is 0. The minimum Gasteiger partial charge on any atom is -0.342 e. The lowest BCUT2D eigenvalue weighted by molar-refractivity contribution is -0.134. The largest absolute Gasteiger partial charge is 0.342 e. The molecule has 0 saturated heterocycles. The number of carbonyl (C=O) groups excluding carboxylic acids is 1. The van der Waals surface area contributed by atoms with Crippen LogP contribution in [0.2, 0.25) is 0 Å². The third kappa shape index (κ3) is 2.69. The van der Waals surface area contributed by atoms with E-state index >= 15 is 0 Å². The molecule has 1 saturated carbocycles. The number of nitrogens with zero attached hydrogens (tertiary/aromatic N) is 4. The average Bonchev–Trinajstić information content (AvgIpc) is 3.31. The van der Waals surface area contributed by atoms with Gasteiger partial charge in [-0.05, 0) is 43.7 Å². The van der Waals surface area contributed by atoms with Crippen LogP contribution in [-0.4, -0.2) is 29.9 Å². The number of hydrogen-bond acceptors (Lipinski definition) is 2. The van der Waals surface area contributed by atoms with Gasteiger partial charge in [0.05, 0.1) is 5.41 Å². The maximum atomic E-state index is 13.1. The normalized spacial score (nSPS) is 24.2. The van der Waals surface area contributed by atoms with Crippen molar-refractivity contribution in [2.75, 3.05) is 13.1 Å². The predicted octanol–water partition coefficient (Wildman–Crippen LogP) is 3.90. The van der Waals surface area contributed by atoms with Crippen LogP contribution in [0.3, 0.4) is 0 Å². The van der Waals surface area contributed by atoms with Gasteiger partial charge in [-0.2, -0.15) is 0 Å². The maximum absolute atomic E-state index is 13.1. The van der Waals surface area contributed by atoms with Crippen LogP contribution in [0.5, 0.6) is 0 Å². The number of rotatable bonds is 7. The first-order valence-electron chi connectivity index (χ1n) is 8.04. The molecule has 5 nitrogen and oxygen atoms in total. The Morgan fingerprint density at radius 2 is 2.00 bits per heavy atom. The van der Waals surface area contributed by atoms with Crippen LogP contribution in [0.25, 0.3) is 10.4 Å². The summed E-state index contributed by atoms with van der Waals surface area (Å²) in [5.41, 5.74) is 9.32. The molecule has 1 amide bonds. The Bertz CT molecular complexity index is 563. The van der Waals surface area contributed by atoms with Crippen molar-refractivity contribution in [3.05, 3.63) is 46.3 Å². The number of amides is 1. The quantitative estimate of drug-likeness (QED) is 0.427. The molecular weight excluding hydrogens is 276 g/mol. The predicted molar refractivity (Wildman–Crippen MR) is 87.4 cm³/mol. The van der Waals surface area contributed by atoms with Crippen molar-refractivity contribution in [1.29, 1.82) is 0 Å². The van der Waals surface area contributed by atoms with Crippen LogP contribution in [0.1, 0.15) is 39.2 Å². The SMILES string of the molecule is CC[C@@H](N=[N+]=[N-])[C@@H]1C[C@@]1(C(=O)N(CC)CC)c1ccccc1. The molecule has 118 valence electrons. The molecule has 1 aromatic carbocycles. The van der Waals surface area contributed by atoms with Gasteiger partial charge in [-0.3, -0.25) is 4.79 Å². The highest BCUT2D eigenvalue weighted by molar-refractivity contribution is 5.92. The van der Waals surface area contributed by atoms with Crippen molar-refractivity contribution in [3.63, 3.8) is 0 Å². The number of likely N-dealkylation sites (N-methyl/N-ethyl adjacent to an activating group) is 1. The third-order valence-corrected chi connectivity index (χ3v) is 4.82. The first-order chi connectivity index (χ1) is 10.6. The van der Waals surface area contributed by atoms with Gasteiger partial charge in [0.2, 0.25) is 5.91 Å². The number of azide groups is 1. The van der Waals surface area contributed by atoms with Gasteiger partial charge < -0.3 is 4.90 Å².